The number of rotatable bonds is 1. The monoisotopic (exact) mass is 153 g/mol. The Kier molecular flexibility index (Phi) is 5.62. The van der Waals surface area contributed by atoms with Crippen molar-refractivity contribution in [3.05, 3.63) is 12.2 Å². The number of terminal acetylenes is 1. The zero-order valence-electron chi connectivity index (χ0n) is 6.57. The molecule has 0 unspecified atom stereocenters. The second-order valence-corrected chi connectivity index (χ2v) is 1.75. The van der Waals surface area contributed by atoms with E-state index in [1.54, 1.807) is 0 Å². The number of hydrogen-bond acceptors (Lipinski definition) is 1. The van der Waals surface area contributed by atoms with E-state index in [1.807, 2.05) is 0 Å². The Bertz CT molecular complexity index is 374. The van der Waals surface area contributed by atoms with E-state index in [0.29, 0.717) is 12.0 Å². The van der Waals surface area contributed by atoms with Gasteiger partial charge in [0.15, 0.2) is 0 Å². The Balaban J connectivity index is 3.93. The zero-order valence-corrected chi connectivity index (χ0v) is 6.57. The Morgan fingerprint density at radius 2 is 1.92 bits per heavy atom. The van der Waals surface area contributed by atoms with E-state index in [-0.39, 0.29) is 0 Å². The summed E-state index contributed by atoms with van der Waals surface area (Å²) in [6, 6.07) is 2.14. The molecule has 56 valence electrons. The van der Waals surface area contributed by atoms with Crippen LogP contribution in [0.15, 0.2) is 12.2 Å². The third kappa shape index (κ3) is 5.91. The standard InChI is InChI=1S/C11H7N/c1-3-11(2)9-7-5-4-6-8-10-12/h1H,2,9,12H2. The van der Waals surface area contributed by atoms with Crippen LogP contribution in [0.5, 0.6) is 0 Å². The van der Waals surface area contributed by atoms with Gasteiger partial charge in [-0.25, -0.2) is 0 Å². The summed E-state index contributed by atoms with van der Waals surface area (Å²) in [5.74, 6) is 14.9. The number of allylic oxidation sites excluding steroid dienone is 1. The maximum atomic E-state index is 5.04. The van der Waals surface area contributed by atoms with Crippen LogP contribution in [0.4, 0.5) is 0 Å². The van der Waals surface area contributed by atoms with Crippen molar-refractivity contribution in [3.8, 4) is 48.0 Å². The highest BCUT2D eigenvalue weighted by Gasteiger charge is 1.78. The Labute approximate surface area is 73.0 Å². The molecule has 0 aromatic heterocycles. The lowest BCUT2D eigenvalue weighted by atomic mass is 10.2. The first-order valence-electron chi connectivity index (χ1n) is 3.14. The van der Waals surface area contributed by atoms with Crippen molar-refractivity contribution in [1.82, 2.24) is 0 Å². The molecule has 2 N–H and O–H groups in total. The van der Waals surface area contributed by atoms with Crippen LogP contribution in [-0.2, 0) is 0 Å². The number of hydrogen-bond donors (Lipinski definition) is 1. The molecule has 0 aliphatic carbocycles. The molecule has 12 heavy (non-hydrogen) atoms. The quantitative estimate of drug-likeness (QED) is 0.430. The van der Waals surface area contributed by atoms with E-state index in [1.165, 1.54) is 0 Å². The summed E-state index contributed by atoms with van der Waals surface area (Å²) in [6.45, 7) is 3.57. The predicted molar refractivity (Wildman–Crippen MR) is 50.1 cm³/mol. The molecule has 0 fully saturated rings. The molecule has 0 rings (SSSR count). The molecular weight excluding hydrogens is 146 g/mol. The van der Waals surface area contributed by atoms with Crippen LogP contribution >= 0.6 is 0 Å². The first-order valence-corrected chi connectivity index (χ1v) is 3.14. The van der Waals surface area contributed by atoms with Gasteiger partial charge < -0.3 is 5.73 Å². The van der Waals surface area contributed by atoms with Gasteiger partial charge in [-0.05, 0) is 11.8 Å². The van der Waals surface area contributed by atoms with Crippen LogP contribution in [0.25, 0.3) is 0 Å². The van der Waals surface area contributed by atoms with E-state index in [2.05, 4.69) is 48.1 Å². The lowest BCUT2D eigenvalue weighted by molar-refractivity contribution is 1.39. The van der Waals surface area contributed by atoms with Crippen LogP contribution in [0.2, 0.25) is 0 Å². The van der Waals surface area contributed by atoms with E-state index in [9.17, 15) is 0 Å². The average Bonchev–Trinajstić information content (AvgIpc) is 2.10. The van der Waals surface area contributed by atoms with Crippen molar-refractivity contribution in [2.24, 2.45) is 5.73 Å². The highest BCUT2D eigenvalue weighted by atomic mass is 14.4. The molecule has 0 saturated heterocycles. The minimum Gasteiger partial charge on any atom is -0.359 e. The first kappa shape index (κ1) is 9.78. The molecule has 1 nitrogen and oxygen atoms in total. The van der Waals surface area contributed by atoms with Gasteiger partial charge in [0.2, 0.25) is 0 Å². The van der Waals surface area contributed by atoms with E-state index in [0.717, 1.165) is 0 Å². The van der Waals surface area contributed by atoms with Crippen molar-refractivity contribution < 1.29 is 0 Å². The smallest absolute Gasteiger partial charge is 0.0424 e. The SMILES string of the molecule is C#CC(=C)CC#CC#CC#CN. The third-order valence-electron chi connectivity index (χ3n) is 0.854. The average molecular weight is 153 g/mol. The summed E-state index contributed by atoms with van der Waals surface area (Å²) in [6.07, 6.45) is 5.52. The zero-order chi connectivity index (χ0) is 9.23. The molecule has 0 atom stereocenters. The van der Waals surface area contributed by atoms with Gasteiger partial charge in [-0.1, -0.05) is 18.4 Å². The Hall–Kier alpha value is -2.22. The highest BCUT2D eigenvalue weighted by Crippen LogP contribution is 1.90. The van der Waals surface area contributed by atoms with Crippen molar-refractivity contribution in [2.75, 3.05) is 0 Å². The topological polar surface area (TPSA) is 26.0 Å². The summed E-state index contributed by atoms with van der Waals surface area (Å²) in [5.41, 5.74) is 5.51. The summed E-state index contributed by atoms with van der Waals surface area (Å²) in [4.78, 5) is 0. The third-order valence-corrected chi connectivity index (χ3v) is 0.854. The normalized spacial score (nSPS) is 5.25. The van der Waals surface area contributed by atoms with Crippen molar-refractivity contribution in [1.29, 1.82) is 0 Å². The van der Waals surface area contributed by atoms with Crippen LogP contribution in [-0.4, -0.2) is 0 Å². The van der Waals surface area contributed by atoms with Gasteiger partial charge in [-0.15, -0.1) is 6.42 Å². The largest absolute Gasteiger partial charge is 0.359 e. The number of nitrogens with two attached hydrogens (primary N) is 1. The van der Waals surface area contributed by atoms with Gasteiger partial charge in [0, 0.05) is 29.9 Å². The van der Waals surface area contributed by atoms with Gasteiger partial charge in [-0.2, -0.15) is 0 Å². The second-order valence-electron chi connectivity index (χ2n) is 1.75. The fraction of sp³-hybridized carbons (Fsp3) is 0.0909. The van der Waals surface area contributed by atoms with Crippen molar-refractivity contribution >= 4 is 0 Å². The molecule has 0 heterocycles. The second kappa shape index (κ2) is 6.89. The van der Waals surface area contributed by atoms with Gasteiger partial charge in [0.05, 0.1) is 0 Å². The van der Waals surface area contributed by atoms with E-state index < -0.39 is 0 Å². The molecular formula is C11H7N. The minimum absolute atomic E-state index is 0.473. The van der Waals surface area contributed by atoms with Crippen LogP contribution in [0, 0.1) is 48.0 Å². The minimum atomic E-state index is 0.473. The Morgan fingerprint density at radius 1 is 1.25 bits per heavy atom. The van der Waals surface area contributed by atoms with Crippen LogP contribution in [0.1, 0.15) is 6.42 Å². The fourth-order valence-corrected chi connectivity index (χ4v) is 0.345. The van der Waals surface area contributed by atoms with Gasteiger partial charge in [0.1, 0.15) is 0 Å². The Morgan fingerprint density at radius 3 is 2.50 bits per heavy atom. The summed E-state index contributed by atoms with van der Waals surface area (Å²) >= 11 is 0. The molecule has 0 radical (unpaired) electrons. The van der Waals surface area contributed by atoms with Crippen molar-refractivity contribution in [3.63, 3.8) is 0 Å². The van der Waals surface area contributed by atoms with Crippen LogP contribution in [0.3, 0.4) is 0 Å². The predicted octanol–water partition coefficient (Wildman–Crippen LogP) is 0.492. The van der Waals surface area contributed by atoms with E-state index >= 15 is 0 Å². The van der Waals surface area contributed by atoms with Crippen LogP contribution < -0.4 is 5.73 Å². The van der Waals surface area contributed by atoms with Crippen molar-refractivity contribution in [2.45, 2.75) is 6.42 Å². The molecule has 0 aliphatic rings. The molecule has 0 aliphatic heterocycles. The van der Waals surface area contributed by atoms with Gasteiger partial charge >= 0.3 is 0 Å². The summed E-state index contributed by atoms with van der Waals surface area (Å²) < 4.78 is 0. The lowest BCUT2D eigenvalue weighted by Gasteiger charge is -1.81. The fourth-order valence-electron chi connectivity index (χ4n) is 0.345. The maximum absolute atomic E-state index is 5.04. The molecule has 0 aromatic rings. The first-order chi connectivity index (χ1) is 5.81. The van der Waals surface area contributed by atoms with E-state index in [4.69, 9.17) is 12.2 Å². The van der Waals surface area contributed by atoms with Gasteiger partial charge in [-0.3, -0.25) is 0 Å². The molecule has 0 aromatic carbocycles. The highest BCUT2D eigenvalue weighted by molar-refractivity contribution is 5.37. The molecule has 0 amide bonds. The maximum Gasteiger partial charge on any atom is 0.0424 e. The molecule has 1 heteroatoms. The molecule has 0 saturated carbocycles. The summed E-state index contributed by atoms with van der Waals surface area (Å²) in [7, 11) is 0. The summed E-state index contributed by atoms with van der Waals surface area (Å²) in [5, 5.41) is 0. The lowest BCUT2D eigenvalue weighted by Crippen LogP contribution is -1.73. The van der Waals surface area contributed by atoms with Gasteiger partial charge in [0.25, 0.3) is 0 Å². The molecule has 0 bridgehead atoms. The molecule has 0 spiro atoms.